The molecule has 1 amide bonds. The minimum absolute atomic E-state index is 0.0756. The summed E-state index contributed by atoms with van der Waals surface area (Å²) >= 11 is 6.72. The molecule has 1 heterocycles. The van der Waals surface area contributed by atoms with E-state index < -0.39 is 0 Å². The third-order valence-corrected chi connectivity index (χ3v) is 3.22. The number of aromatic nitrogens is 3. The molecule has 18 heavy (non-hydrogen) atoms. The fraction of sp³-hybridized carbons (Fsp3) is 0.182. The van der Waals surface area contributed by atoms with E-state index in [1.807, 2.05) is 6.07 Å². The summed E-state index contributed by atoms with van der Waals surface area (Å²) in [7, 11) is 1.72. The van der Waals surface area contributed by atoms with Gasteiger partial charge in [-0.2, -0.15) is 5.10 Å². The number of benzene rings is 1. The lowest BCUT2D eigenvalue weighted by atomic mass is 10.2. The standard InChI is InChI=1S/C11H10Br2N4O/c1-17(5-10-14-6-15-16-10)11(18)7-2-8(12)4-9(13)3-7/h2-4,6H,5H2,1H3,(H,14,15,16). The zero-order valence-corrected chi connectivity index (χ0v) is 12.7. The number of hydrogen-bond acceptors (Lipinski definition) is 3. The molecule has 2 rings (SSSR count). The van der Waals surface area contributed by atoms with E-state index in [0.717, 1.165) is 8.95 Å². The second-order valence-corrected chi connectivity index (χ2v) is 5.58. The van der Waals surface area contributed by atoms with Crippen molar-refractivity contribution in [2.45, 2.75) is 6.54 Å². The van der Waals surface area contributed by atoms with Crippen LogP contribution in [0.15, 0.2) is 33.5 Å². The molecule has 0 unspecified atom stereocenters. The largest absolute Gasteiger partial charge is 0.334 e. The highest BCUT2D eigenvalue weighted by molar-refractivity contribution is 9.11. The topological polar surface area (TPSA) is 61.9 Å². The SMILES string of the molecule is CN(Cc1ncn[nH]1)C(=O)c1cc(Br)cc(Br)c1. The van der Waals surface area contributed by atoms with E-state index >= 15 is 0 Å². The number of carbonyl (C=O) groups is 1. The number of nitrogens with one attached hydrogen (secondary N) is 1. The van der Waals surface area contributed by atoms with Crippen LogP contribution in [-0.2, 0) is 6.54 Å². The number of hydrogen-bond donors (Lipinski definition) is 1. The molecule has 1 aromatic heterocycles. The number of carbonyl (C=O) groups excluding carboxylic acids is 1. The third-order valence-electron chi connectivity index (χ3n) is 2.31. The van der Waals surface area contributed by atoms with Crippen LogP contribution in [0.3, 0.4) is 0 Å². The lowest BCUT2D eigenvalue weighted by Gasteiger charge is -2.15. The van der Waals surface area contributed by atoms with Crippen LogP contribution in [0.25, 0.3) is 0 Å². The van der Waals surface area contributed by atoms with Crippen LogP contribution in [0, 0.1) is 0 Å². The molecule has 2 aromatic rings. The van der Waals surface area contributed by atoms with Crippen molar-refractivity contribution in [1.29, 1.82) is 0 Å². The minimum Gasteiger partial charge on any atom is -0.334 e. The monoisotopic (exact) mass is 372 g/mol. The second kappa shape index (κ2) is 5.62. The molecule has 0 spiro atoms. The minimum atomic E-state index is -0.0756. The van der Waals surface area contributed by atoms with Crippen LogP contribution in [-0.4, -0.2) is 33.0 Å². The fourth-order valence-electron chi connectivity index (χ4n) is 1.50. The van der Waals surface area contributed by atoms with Gasteiger partial charge in [0.2, 0.25) is 0 Å². The average Bonchev–Trinajstić information content (AvgIpc) is 2.79. The maximum absolute atomic E-state index is 12.2. The number of nitrogens with zero attached hydrogens (tertiary/aromatic N) is 3. The highest BCUT2D eigenvalue weighted by Crippen LogP contribution is 2.21. The smallest absolute Gasteiger partial charge is 0.254 e. The molecule has 1 aromatic carbocycles. The molecule has 94 valence electrons. The van der Waals surface area contributed by atoms with E-state index in [-0.39, 0.29) is 5.91 Å². The van der Waals surface area contributed by atoms with Crippen LogP contribution < -0.4 is 0 Å². The van der Waals surface area contributed by atoms with Crippen molar-refractivity contribution in [2.24, 2.45) is 0 Å². The van der Waals surface area contributed by atoms with Gasteiger partial charge in [-0.25, -0.2) is 4.98 Å². The Hall–Kier alpha value is -1.21. The van der Waals surface area contributed by atoms with Crippen molar-refractivity contribution in [3.63, 3.8) is 0 Å². The molecular formula is C11H10Br2N4O. The van der Waals surface area contributed by atoms with Crippen molar-refractivity contribution in [3.8, 4) is 0 Å². The summed E-state index contributed by atoms with van der Waals surface area (Å²) in [5.74, 6) is 0.577. The molecule has 0 atom stereocenters. The Bertz CT molecular complexity index is 536. The van der Waals surface area contributed by atoms with E-state index in [1.165, 1.54) is 6.33 Å². The van der Waals surface area contributed by atoms with Gasteiger partial charge in [-0.1, -0.05) is 31.9 Å². The lowest BCUT2D eigenvalue weighted by Crippen LogP contribution is -2.26. The quantitative estimate of drug-likeness (QED) is 0.899. The van der Waals surface area contributed by atoms with Gasteiger partial charge in [-0.3, -0.25) is 9.89 Å². The molecule has 0 radical (unpaired) electrons. The Morgan fingerprint density at radius 1 is 1.33 bits per heavy atom. The van der Waals surface area contributed by atoms with Gasteiger partial charge in [0.05, 0.1) is 6.54 Å². The summed E-state index contributed by atoms with van der Waals surface area (Å²) in [6.07, 6.45) is 1.42. The van der Waals surface area contributed by atoms with Crippen molar-refractivity contribution in [3.05, 3.63) is 44.9 Å². The molecule has 0 saturated heterocycles. The predicted molar refractivity (Wildman–Crippen MR) is 74.0 cm³/mol. The summed E-state index contributed by atoms with van der Waals surface area (Å²) in [6.45, 7) is 0.392. The molecule has 0 fully saturated rings. The molecule has 0 aliphatic rings. The number of amides is 1. The second-order valence-electron chi connectivity index (χ2n) is 3.75. The highest BCUT2D eigenvalue weighted by atomic mass is 79.9. The zero-order chi connectivity index (χ0) is 13.1. The van der Waals surface area contributed by atoms with E-state index in [4.69, 9.17) is 0 Å². The summed E-state index contributed by atoms with van der Waals surface area (Å²) in [5, 5.41) is 6.47. The lowest BCUT2D eigenvalue weighted by molar-refractivity contribution is 0.0781. The average molecular weight is 374 g/mol. The van der Waals surface area contributed by atoms with Crippen molar-refractivity contribution in [2.75, 3.05) is 7.05 Å². The molecule has 7 heteroatoms. The van der Waals surface area contributed by atoms with Gasteiger partial charge in [0.25, 0.3) is 5.91 Å². The van der Waals surface area contributed by atoms with E-state index in [0.29, 0.717) is 17.9 Å². The van der Waals surface area contributed by atoms with Crippen molar-refractivity contribution < 1.29 is 4.79 Å². The maximum Gasteiger partial charge on any atom is 0.254 e. The normalized spacial score (nSPS) is 10.4. The first-order valence-electron chi connectivity index (χ1n) is 5.12. The molecular weight excluding hydrogens is 364 g/mol. The van der Waals surface area contributed by atoms with Gasteiger partial charge < -0.3 is 4.90 Å². The molecule has 0 aliphatic carbocycles. The molecule has 5 nitrogen and oxygen atoms in total. The zero-order valence-electron chi connectivity index (χ0n) is 9.52. The van der Waals surface area contributed by atoms with Gasteiger partial charge in [0.15, 0.2) is 0 Å². The van der Waals surface area contributed by atoms with E-state index in [2.05, 4.69) is 47.0 Å². The first kappa shape index (κ1) is 13.2. The number of H-pyrrole nitrogens is 1. The molecule has 0 saturated carbocycles. The van der Waals surface area contributed by atoms with Gasteiger partial charge >= 0.3 is 0 Å². The Kier molecular flexibility index (Phi) is 4.13. The molecule has 0 aliphatic heterocycles. The number of rotatable bonds is 3. The Morgan fingerprint density at radius 2 is 2.00 bits per heavy atom. The van der Waals surface area contributed by atoms with E-state index in [1.54, 1.807) is 24.1 Å². The summed E-state index contributed by atoms with van der Waals surface area (Å²) < 4.78 is 1.71. The van der Waals surface area contributed by atoms with Gasteiger partial charge in [-0.15, -0.1) is 0 Å². The van der Waals surface area contributed by atoms with Crippen LogP contribution in [0.5, 0.6) is 0 Å². The predicted octanol–water partition coefficient (Wildman–Crippen LogP) is 2.60. The van der Waals surface area contributed by atoms with Gasteiger partial charge in [0, 0.05) is 21.6 Å². The van der Waals surface area contributed by atoms with Gasteiger partial charge in [-0.05, 0) is 18.2 Å². The first-order chi connectivity index (χ1) is 8.56. The summed E-state index contributed by atoms with van der Waals surface area (Å²) in [5.41, 5.74) is 0.610. The first-order valence-corrected chi connectivity index (χ1v) is 6.70. The fourth-order valence-corrected chi connectivity index (χ4v) is 2.79. The number of aromatic amines is 1. The van der Waals surface area contributed by atoms with Crippen LogP contribution >= 0.6 is 31.9 Å². The summed E-state index contributed by atoms with van der Waals surface area (Å²) in [4.78, 5) is 17.8. The number of halogens is 2. The van der Waals surface area contributed by atoms with Gasteiger partial charge in [0.1, 0.15) is 12.2 Å². The molecule has 1 N–H and O–H groups in total. The Labute approximate surface area is 121 Å². The maximum atomic E-state index is 12.2. The highest BCUT2D eigenvalue weighted by Gasteiger charge is 2.14. The van der Waals surface area contributed by atoms with E-state index in [9.17, 15) is 4.79 Å². The third kappa shape index (κ3) is 3.17. The Balaban J connectivity index is 2.15. The molecule has 0 bridgehead atoms. The van der Waals surface area contributed by atoms with Crippen molar-refractivity contribution >= 4 is 37.8 Å². The van der Waals surface area contributed by atoms with Crippen LogP contribution in [0.2, 0.25) is 0 Å². The summed E-state index contributed by atoms with van der Waals surface area (Å²) in [6, 6.07) is 5.45. The van der Waals surface area contributed by atoms with Crippen molar-refractivity contribution in [1.82, 2.24) is 20.1 Å². The Morgan fingerprint density at radius 3 is 2.56 bits per heavy atom. The van der Waals surface area contributed by atoms with Crippen LogP contribution in [0.1, 0.15) is 16.2 Å². The van der Waals surface area contributed by atoms with Crippen LogP contribution in [0.4, 0.5) is 0 Å².